The van der Waals surface area contributed by atoms with Crippen LogP contribution in [0.5, 0.6) is 0 Å². The fourth-order valence-corrected chi connectivity index (χ4v) is 4.30. The molecule has 1 amide bonds. The molecule has 0 atom stereocenters. The molecule has 0 fully saturated rings. The predicted molar refractivity (Wildman–Crippen MR) is 112 cm³/mol. The number of anilines is 1. The van der Waals surface area contributed by atoms with Gasteiger partial charge in [0, 0.05) is 18.0 Å². The van der Waals surface area contributed by atoms with Crippen molar-refractivity contribution < 1.29 is 26.4 Å². The Morgan fingerprint density at radius 2 is 1.69 bits per heavy atom. The third-order valence-electron chi connectivity index (χ3n) is 4.78. The fraction of sp³-hybridized carbons (Fsp3) is 0.0476. The van der Waals surface area contributed by atoms with Gasteiger partial charge < -0.3 is 5.32 Å². The van der Waals surface area contributed by atoms with E-state index >= 15 is 8.78 Å². The Hall–Kier alpha value is -3.86. The summed E-state index contributed by atoms with van der Waals surface area (Å²) in [6.07, 6.45) is 0. The van der Waals surface area contributed by atoms with E-state index in [1.807, 2.05) is 0 Å². The second-order valence-corrected chi connectivity index (χ2v) is 8.39. The maximum Gasteiger partial charge on any atom is 0.272 e. The summed E-state index contributed by atoms with van der Waals surface area (Å²) in [7, 11) is -2.79. The zero-order valence-corrected chi connectivity index (χ0v) is 17.2. The Labute approximate surface area is 180 Å². The van der Waals surface area contributed by atoms with Crippen LogP contribution in [0.1, 0.15) is 10.5 Å². The highest BCUT2D eigenvalue weighted by atomic mass is 32.2. The molecule has 0 aliphatic rings. The van der Waals surface area contributed by atoms with Crippen molar-refractivity contribution in [3.8, 4) is 11.1 Å². The van der Waals surface area contributed by atoms with Crippen LogP contribution in [0.3, 0.4) is 0 Å². The molecule has 164 valence electrons. The first-order valence-electron chi connectivity index (χ1n) is 9.19. The van der Waals surface area contributed by atoms with E-state index in [4.69, 9.17) is 0 Å². The molecule has 32 heavy (non-hydrogen) atoms. The van der Waals surface area contributed by atoms with E-state index in [0.717, 1.165) is 18.2 Å². The highest BCUT2D eigenvalue weighted by Gasteiger charge is 2.25. The topological polar surface area (TPSA) is 104 Å². The summed E-state index contributed by atoms with van der Waals surface area (Å²) in [5, 5.41) is 8.58. The molecular formula is C21H15F3N4O3S. The van der Waals surface area contributed by atoms with Gasteiger partial charge >= 0.3 is 0 Å². The zero-order valence-electron chi connectivity index (χ0n) is 16.4. The van der Waals surface area contributed by atoms with Gasteiger partial charge in [-0.25, -0.2) is 21.6 Å². The third-order valence-corrected chi connectivity index (χ3v) is 6.16. The molecule has 11 heteroatoms. The van der Waals surface area contributed by atoms with E-state index in [1.54, 1.807) is 6.07 Å². The molecule has 4 aromatic rings. The summed E-state index contributed by atoms with van der Waals surface area (Å²) in [6, 6.07) is 11.3. The molecule has 1 aromatic heterocycles. The molecule has 0 unspecified atom stereocenters. The lowest BCUT2D eigenvalue weighted by Gasteiger charge is -2.13. The summed E-state index contributed by atoms with van der Waals surface area (Å²) in [5.41, 5.74) is -2.11. The lowest BCUT2D eigenvalue weighted by atomic mass is 10.0. The average Bonchev–Trinajstić information content (AvgIpc) is 3.22. The summed E-state index contributed by atoms with van der Waals surface area (Å²) in [4.78, 5) is 11.7. The molecule has 0 saturated heterocycles. The van der Waals surface area contributed by atoms with Gasteiger partial charge in [0.1, 0.15) is 11.3 Å². The SMILES string of the molecule is CNC(=O)c1n[nH]c2c(F)c(-c3c(F)ccc(NS(=O)(=O)c4ccccc4)c3F)ccc12. The molecule has 3 N–H and O–H groups in total. The van der Waals surface area contributed by atoms with Gasteiger partial charge in [-0.2, -0.15) is 5.10 Å². The van der Waals surface area contributed by atoms with Gasteiger partial charge in [0.15, 0.2) is 17.3 Å². The smallest absolute Gasteiger partial charge is 0.272 e. The van der Waals surface area contributed by atoms with Crippen LogP contribution < -0.4 is 10.0 Å². The standard InChI is InChI=1S/C21H15F3N4O3S/c1-25-21(29)20-13-8-7-12(17(23)19(13)26-27-20)16-14(22)9-10-15(18(16)24)28-32(30,31)11-5-3-2-4-6-11/h2-10,28H,1H3,(H,25,29)(H,26,27). The predicted octanol–water partition coefficient (Wildman–Crippen LogP) is 3.81. The Balaban J connectivity index is 1.82. The second-order valence-electron chi connectivity index (χ2n) is 6.70. The van der Waals surface area contributed by atoms with Gasteiger partial charge in [0.05, 0.1) is 16.1 Å². The zero-order chi connectivity index (χ0) is 23.0. The number of amides is 1. The molecule has 0 aliphatic carbocycles. The van der Waals surface area contributed by atoms with E-state index in [0.29, 0.717) is 0 Å². The fourth-order valence-electron chi connectivity index (χ4n) is 3.22. The minimum atomic E-state index is -4.17. The number of nitrogens with one attached hydrogen (secondary N) is 3. The van der Waals surface area contributed by atoms with Crippen molar-refractivity contribution in [2.75, 3.05) is 11.8 Å². The Bertz CT molecular complexity index is 1450. The Morgan fingerprint density at radius 1 is 0.969 bits per heavy atom. The average molecular weight is 460 g/mol. The maximum absolute atomic E-state index is 15.2. The number of sulfonamides is 1. The van der Waals surface area contributed by atoms with E-state index in [2.05, 4.69) is 20.2 Å². The first-order chi connectivity index (χ1) is 15.2. The normalized spacial score (nSPS) is 11.5. The molecule has 0 saturated carbocycles. The summed E-state index contributed by atoms with van der Waals surface area (Å²) < 4.78 is 72.0. The number of halogens is 3. The molecule has 7 nitrogen and oxygen atoms in total. The Morgan fingerprint density at radius 3 is 2.38 bits per heavy atom. The largest absolute Gasteiger partial charge is 0.354 e. The number of benzene rings is 3. The van der Waals surface area contributed by atoms with Crippen molar-refractivity contribution in [3.63, 3.8) is 0 Å². The number of H-pyrrole nitrogens is 1. The van der Waals surface area contributed by atoms with Crippen molar-refractivity contribution >= 4 is 32.5 Å². The Kier molecular flexibility index (Phi) is 5.35. The molecule has 0 spiro atoms. The second kappa shape index (κ2) is 8.00. The first kappa shape index (κ1) is 21.4. The quantitative estimate of drug-likeness (QED) is 0.421. The van der Waals surface area contributed by atoms with Gasteiger partial charge in [-0.05, 0) is 30.3 Å². The lowest BCUT2D eigenvalue weighted by Crippen LogP contribution is -2.18. The van der Waals surface area contributed by atoms with Gasteiger partial charge in [-0.3, -0.25) is 14.6 Å². The number of fused-ring (bicyclic) bond motifs is 1. The van der Waals surface area contributed by atoms with E-state index < -0.39 is 50.2 Å². The minimum absolute atomic E-state index is 0.0849. The van der Waals surface area contributed by atoms with Crippen LogP contribution in [0.4, 0.5) is 18.9 Å². The summed E-state index contributed by atoms with van der Waals surface area (Å²) in [6.45, 7) is 0. The molecule has 0 bridgehead atoms. The number of carbonyl (C=O) groups is 1. The van der Waals surface area contributed by atoms with Crippen molar-refractivity contribution in [3.05, 3.63) is 77.7 Å². The van der Waals surface area contributed by atoms with Crippen LogP contribution in [0.25, 0.3) is 22.0 Å². The van der Waals surface area contributed by atoms with Crippen molar-refractivity contribution in [2.45, 2.75) is 4.90 Å². The minimum Gasteiger partial charge on any atom is -0.354 e. The lowest BCUT2D eigenvalue weighted by molar-refractivity contribution is 0.0959. The molecule has 4 rings (SSSR count). The van der Waals surface area contributed by atoms with Crippen LogP contribution in [0.2, 0.25) is 0 Å². The van der Waals surface area contributed by atoms with E-state index in [9.17, 15) is 17.6 Å². The van der Waals surface area contributed by atoms with Crippen LogP contribution in [0, 0.1) is 17.5 Å². The first-order valence-corrected chi connectivity index (χ1v) is 10.7. The summed E-state index contributed by atoms with van der Waals surface area (Å²) >= 11 is 0. The van der Waals surface area contributed by atoms with Gasteiger partial charge in [-0.15, -0.1) is 0 Å². The van der Waals surface area contributed by atoms with Crippen LogP contribution in [-0.2, 0) is 10.0 Å². The molecular weight excluding hydrogens is 445 g/mol. The van der Waals surface area contributed by atoms with Crippen LogP contribution in [-0.4, -0.2) is 31.6 Å². The van der Waals surface area contributed by atoms with Crippen molar-refractivity contribution in [1.29, 1.82) is 0 Å². The van der Waals surface area contributed by atoms with Crippen LogP contribution >= 0.6 is 0 Å². The number of aromatic nitrogens is 2. The highest BCUT2D eigenvalue weighted by Crippen LogP contribution is 2.35. The highest BCUT2D eigenvalue weighted by molar-refractivity contribution is 7.92. The van der Waals surface area contributed by atoms with Gasteiger partial charge in [0.25, 0.3) is 15.9 Å². The maximum atomic E-state index is 15.2. The van der Waals surface area contributed by atoms with Gasteiger partial charge in [-0.1, -0.05) is 24.3 Å². The number of carbonyl (C=O) groups excluding carboxylic acids is 1. The monoisotopic (exact) mass is 460 g/mol. The number of hydrogen-bond acceptors (Lipinski definition) is 4. The molecule has 3 aromatic carbocycles. The molecule has 1 heterocycles. The van der Waals surface area contributed by atoms with Crippen LogP contribution in [0.15, 0.2) is 59.5 Å². The number of hydrogen-bond donors (Lipinski definition) is 3. The van der Waals surface area contributed by atoms with Gasteiger partial charge in [0.2, 0.25) is 0 Å². The number of nitrogens with zero attached hydrogens (tertiary/aromatic N) is 1. The number of rotatable bonds is 5. The van der Waals surface area contributed by atoms with E-state index in [1.165, 1.54) is 37.4 Å². The molecule has 0 radical (unpaired) electrons. The van der Waals surface area contributed by atoms with Crippen molar-refractivity contribution in [2.24, 2.45) is 0 Å². The summed E-state index contributed by atoms with van der Waals surface area (Å²) in [5.74, 6) is -4.02. The van der Waals surface area contributed by atoms with E-state index in [-0.39, 0.29) is 21.5 Å². The molecule has 0 aliphatic heterocycles. The van der Waals surface area contributed by atoms with Crippen molar-refractivity contribution in [1.82, 2.24) is 15.5 Å². The third kappa shape index (κ3) is 3.56. The number of aromatic amines is 1.